The molecular weight excluding hydrogens is 268 g/mol. The number of quaternary nitrogens is 1. The fourth-order valence-corrected chi connectivity index (χ4v) is 2.67. The van der Waals surface area contributed by atoms with Crippen molar-refractivity contribution in [3.05, 3.63) is 29.8 Å². The Kier molecular flexibility index (Phi) is 5.33. The van der Waals surface area contributed by atoms with Crippen LogP contribution >= 0.6 is 0 Å². The predicted octanol–water partition coefficient (Wildman–Crippen LogP) is 0.401. The van der Waals surface area contributed by atoms with Crippen molar-refractivity contribution in [3.63, 3.8) is 0 Å². The molecule has 2 rings (SSSR count). The first-order chi connectivity index (χ1) is 10.1. The summed E-state index contributed by atoms with van der Waals surface area (Å²) in [5.74, 6) is -0.109. The van der Waals surface area contributed by atoms with Crippen LogP contribution in [0, 0.1) is 12.8 Å². The first kappa shape index (κ1) is 15.5. The van der Waals surface area contributed by atoms with E-state index in [2.05, 4.69) is 5.32 Å². The lowest BCUT2D eigenvalue weighted by molar-refractivity contribution is -0.897. The monoisotopic (exact) mass is 291 g/mol. The molecular formula is C16H23N2O3+. The first-order valence-electron chi connectivity index (χ1n) is 7.36. The lowest BCUT2D eigenvalue weighted by Crippen LogP contribution is -3.14. The fourth-order valence-electron chi connectivity index (χ4n) is 2.67. The number of benzene rings is 1. The van der Waals surface area contributed by atoms with Crippen LogP contribution in [-0.2, 0) is 14.3 Å². The van der Waals surface area contributed by atoms with E-state index in [1.165, 1.54) is 17.6 Å². The maximum absolute atomic E-state index is 12.0. The van der Waals surface area contributed by atoms with E-state index in [9.17, 15) is 9.59 Å². The Balaban J connectivity index is 1.76. The van der Waals surface area contributed by atoms with Gasteiger partial charge in [0.05, 0.1) is 26.1 Å². The average molecular weight is 291 g/mol. The number of likely N-dealkylation sites (tertiary alicyclic amines) is 1. The van der Waals surface area contributed by atoms with Gasteiger partial charge in [-0.3, -0.25) is 9.59 Å². The minimum absolute atomic E-state index is 0.00101. The van der Waals surface area contributed by atoms with Crippen molar-refractivity contribution in [2.75, 3.05) is 32.1 Å². The van der Waals surface area contributed by atoms with E-state index in [-0.39, 0.29) is 17.8 Å². The van der Waals surface area contributed by atoms with Gasteiger partial charge in [-0.1, -0.05) is 17.7 Å². The Labute approximate surface area is 125 Å². The van der Waals surface area contributed by atoms with Crippen molar-refractivity contribution < 1.29 is 19.2 Å². The molecule has 21 heavy (non-hydrogen) atoms. The molecule has 114 valence electrons. The van der Waals surface area contributed by atoms with Gasteiger partial charge in [0.25, 0.3) is 5.91 Å². The number of hydrogen-bond acceptors (Lipinski definition) is 3. The molecule has 5 nitrogen and oxygen atoms in total. The van der Waals surface area contributed by atoms with Gasteiger partial charge in [-0.05, 0) is 19.1 Å². The number of carbonyl (C=O) groups is 2. The number of nitrogens with one attached hydrogen (secondary N) is 2. The summed E-state index contributed by atoms with van der Waals surface area (Å²) < 4.78 is 4.77. The summed E-state index contributed by atoms with van der Waals surface area (Å²) in [6.45, 7) is 4.13. The molecule has 0 aliphatic carbocycles. The Hall–Kier alpha value is -1.88. The number of aryl methyl sites for hydroxylation is 1. The van der Waals surface area contributed by atoms with E-state index in [1.54, 1.807) is 0 Å². The molecule has 1 aliphatic rings. The molecule has 0 atom stereocenters. The second kappa shape index (κ2) is 7.22. The van der Waals surface area contributed by atoms with Crippen LogP contribution in [0.2, 0.25) is 0 Å². The molecule has 0 aromatic heterocycles. The van der Waals surface area contributed by atoms with Crippen molar-refractivity contribution in [3.8, 4) is 0 Å². The summed E-state index contributed by atoms with van der Waals surface area (Å²) in [6.07, 6.45) is 1.58. The Morgan fingerprint density at radius 1 is 1.24 bits per heavy atom. The Morgan fingerprint density at radius 2 is 1.86 bits per heavy atom. The maximum Gasteiger partial charge on any atom is 0.309 e. The third kappa shape index (κ3) is 4.56. The minimum atomic E-state index is -0.127. The lowest BCUT2D eigenvalue weighted by Gasteiger charge is -2.27. The molecule has 0 unspecified atom stereocenters. The van der Waals surface area contributed by atoms with Crippen LogP contribution in [0.15, 0.2) is 24.3 Å². The Morgan fingerprint density at radius 3 is 2.43 bits per heavy atom. The zero-order valence-electron chi connectivity index (χ0n) is 12.6. The van der Waals surface area contributed by atoms with E-state index >= 15 is 0 Å². The van der Waals surface area contributed by atoms with Crippen LogP contribution in [0.5, 0.6) is 0 Å². The number of esters is 1. The highest BCUT2D eigenvalue weighted by Crippen LogP contribution is 2.11. The van der Waals surface area contributed by atoms with Gasteiger partial charge >= 0.3 is 5.97 Å². The molecule has 0 bridgehead atoms. The van der Waals surface area contributed by atoms with Gasteiger partial charge in [-0.2, -0.15) is 0 Å². The largest absolute Gasteiger partial charge is 0.469 e. The van der Waals surface area contributed by atoms with E-state index < -0.39 is 0 Å². The summed E-state index contributed by atoms with van der Waals surface area (Å²) in [5.41, 5.74) is 2.00. The third-order valence-electron chi connectivity index (χ3n) is 3.97. The highest BCUT2D eigenvalue weighted by atomic mass is 16.5. The van der Waals surface area contributed by atoms with Gasteiger partial charge < -0.3 is 15.0 Å². The van der Waals surface area contributed by atoms with Crippen LogP contribution in [0.3, 0.4) is 0 Å². The molecule has 1 heterocycles. The fraction of sp³-hybridized carbons (Fsp3) is 0.500. The van der Waals surface area contributed by atoms with Gasteiger partial charge in [0.2, 0.25) is 0 Å². The van der Waals surface area contributed by atoms with Crippen molar-refractivity contribution in [2.24, 2.45) is 5.92 Å². The summed E-state index contributed by atoms with van der Waals surface area (Å²) in [4.78, 5) is 24.7. The molecule has 0 spiro atoms. The molecule has 1 aromatic carbocycles. The quantitative estimate of drug-likeness (QED) is 0.790. The number of anilines is 1. The van der Waals surface area contributed by atoms with E-state index in [1.807, 2.05) is 31.2 Å². The zero-order chi connectivity index (χ0) is 15.2. The maximum atomic E-state index is 12.0. The van der Waals surface area contributed by atoms with Gasteiger partial charge in [0.15, 0.2) is 6.54 Å². The number of piperidine rings is 1. The van der Waals surface area contributed by atoms with Crippen LogP contribution in [0.25, 0.3) is 0 Å². The van der Waals surface area contributed by atoms with Crippen LogP contribution in [0.4, 0.5) is 5.69 Å². The number of amides is 1. The normalized spacial score (nSPS) is 21.6. The SMILES string of the molecule is COC(=O)C1CC[NH+](CC(=O)Nc2ccc(C)cc2)CC1. The molecule has 1 fully saturated rings. The molecule has 1 amide bonds. The number of ether oxygens (including phenoxy) is 1. The van der Waals surface area contributed by atoms with Crippen molar-refractivity contribution >= 4 is 17.6 Å². The number of carbonyl (C=O) groups excluding carboxylic acids is 2. The first-order valence-corrected chi connectivity index (χ1v) is 7.36. The number of hydrogen-bond donors (Lipinski definition) is 2. The van der Waals surface area contributed by atoms with Crippen LogP contribution < -0.4 is 10.2 Å². The zero-order valence-corrected chi connectivity index (χ0v) is 12.6. The van der Waals surface area contributed by atoms with Crippen LogP contribution in [-0.4, -0.2) is 38.6 Å². The molecule has 1 saturated heterocycles. The molecule has 5 heteroatoms. The minimum Gasteiger partial charge on any atom is -0.469 e. The molecule has 2 N–H and O–H groups in total. The van der Waals surface area contributed by atoms with E-state index in [0.717, 1.165) is 31.6 Å². The van der Waals surface area contributed by atoms with E-state index in [4.69, 9.17) is 4.74 Å². The van der Waals surface area contributed by atoms with E-state index in [0.29, 0.717) is 6.54 Å². The lowest BCUT2D eigenvalue weighted by atomic mass is 9.97. The molecule has 0 saturated carbocycles. The Bertz CT molecular complexity index is 491. The topological polar surface area (TPSA) is 59.8 Å². The van der Waals surface area contributed by atoms with Crippen LogP contribution in [0.1, 0.15) is 18.4 Å². The van der Waals surface area contributed by atoms with Gasteiger partial charge in [-0.25, -0.2) is 0 Å². The molecule has 1 aromatic rings. The standard InChI is InChI=1S/C16H22N2O3/c1-12-3-5-14(6-4-12)17-15(19)11-18-9-7-13(8-10-18)16(20)21-2/h3-6,13H,7-11H2,1-2H3,(H,17,19)/p+1. The smallest absolute Gasteiger partial charge is 0.309 e. The highest BCUT2D eigenvalue weighted by molar-refractivity contribution is 5.91. The summed E-state index contributed by atoms with van der Waals surface area (Å²) in [7, 11) is 1.43. The van der Waals surface area contributed by atoms with Gasteiger partial charge in [-0.15, -0.1) is 0 Å². The van der Waals surface area contributed by atoms with Gasteiger partial charge in [0, 0.05) is 18.5 Å². The van der Waals surface area contributed by atoms with Crippen molar-refractivity contribution in [1.82, 2.24) is 0 Å². The van der Waals surface area contributed by atoms with Crippen molar-refractivity contribution in [2.45, 2.75) is 19.8 Å². The molecule has 1 aliphatic heterocycles. The summed E-state index contributed by atoms with van der Waals surface area (Å²) >= 11 is 0. The summed E-state index contributed by atoms with van der Waals surface area (Å²) in [5, 5.41) is 2.91. The highest BCUT2D eigenvalue weighted by Gasteiger charge is 2.28. The third-order valence-corrected chi connectivity index (χ3v) is 3.97. The second-order valence-electron chi connectivity index (χ2n) is 5.64. The number of methoxy groups -OCH3 is 1. The van der Waals surface area contributed by atoms with Crippen molar-refractivity contribution in [1.29, 1.82) is 0 Å². The average Bonchev–Trinajstić information content (AvgIpc) is 2.49. The van der Waals surface area contributed by atoms with Gasteiger partial charge in [0.1, 0.15) is 0 Å². The number of rotatable bonds is 4. The second-order valence-corrected chi connectivity index (χ2v) is 5.64. The molecule has 0 radical (unpaired) electrons. The summed E-state index contributed by atoms with van der Waals surface area (Å²) in [6, 6.07) is 7.77. The predicted molar refractivity (Wildman–Crippen MR) is 80.1 cm³/mol.